The molecule has 1 atom stereocenters. The van der Waals surface area contributed by atoms with Gasteiger partial charge in [0.2, 0.25) is 0 Å². The first-order valence-electron chi connectivity index (χ1n) is 21.0. The van der Waals surface area contributed by atoms with Crippen molar-refractivity contribution in [1.82, 2.24) is 0 Å². The van der Waals surface area contributed by atoms with Crippen LogP contribution in [0.1, 0.15) is 54.5 Å². The Hall–Kier alpha value is -6.94. The molecule has 6 N–H and O–H groups in total. The molecule has 0 aromatic heterocycles. The van der Waals surface area contributed by atoms with Crippen molar-refractivity contribution in [1.29, 1.82) is 0 Å². The SMILES string of the molecule is CC.CN.N\C=C/C(=C\C=C\N)c1cccc(-c2cccc3c2-c2cc4ccccc4cc2C32C3=C\C=C/CC\C2=C\C=C/C=C\3)c1.c1ccc(Cc2ccccc2)cc1. The molecule has 3 heteroatoms. The molecule has 300 valence electrons. The molecule has 6 aromatic carbocycles. The van der Waals surface area contributed by atoms with Crippen molar-refractivity contribution in [3.63, 3.8) is 0 Å². The Balaban J connectivity index is 0.000000299. The van der Waals surface area contributed by atoms with E-state index in [9.17, 15) is 0 Å². The fraction of sp³-hybridized carbons (Fsp3) is 0.123. The van der Waals surface area contributed by atoms with E-state index in [1.165, 1.54) is 79.7 Å². The lowest BCUT2D eigenvalue weighted by atomic mass is 9.64. The summed E-state index contributed by atoms with van der Waals surface area (Å²) >= 11 is 0. The van der Waals surface area contributed by atoms with Crippen LogP contribution in [0.5, 0.6) is 0 Å². The van der Waals surface area contributed by atoms with E-state index >= 15 is 0 Å². The highest BCUT2D eigenvalue weighted by atomic mass is 14.5. The minimum Gasteiger partial charge on any atom is -0.405 e. The van der Waals surface area contributed by atoms with Crippen molar-refractivity contribution >= 4 is 16.3 Å². The van der Waals surface area contributed by atoms with Crippen LogP contribution in [0.3, 0.4) is 0 Å². The molecular formula is C57H57N3. The van der Waals surface area contributed by atoms with Gasteiger partial charge in [0, 0.05) is 0 Å². The Kier molecular flexibility index (Phi) is 15.1. The highest BCUT2D eigenvalue weighted by Gasteiger charge is 2.48. The van der Waals surface area contributed by atoms with E-state index in [0.717, 1.165) is 30.4 Å². The van der Waals surface area contributed by atoms with Crippen molar-refractivity contribution in [2.75, 3.05) is 7.05 Å². The third-order valence-electron chi connectivity index (χ3n) is 11.0. The largest absolute Gasteiger partial charge is 0.405 e. The molecule has 3 nitrogen and oxygen atoms in total. The third kappa shape index (κ3) is 9.03. The van der Waals surface area contributed by atoms with Crippen LogP contribution in [0.4, 0.5) is 0 Å². The summed E-state index contributed by atoms with van der Waals surface area (Å²) in [6, 6.07) is 50.3. The van der Waals surface area contributed by atoms with Crippen LogP contribution in [-0.2, 0) is 11.8 Å². The van der Waals surface area contributed by atoms with E-state index in [1.807, 2.05) is 32.1 Å². The predicted octanol–water partition coefficient (Wildman–Crippen LogP) is 13.3. The molecule has 9 rings (SSSR count). The summed E-state index contributed by atoms with van der Waals surface area (Å²) in [5.74, 6) is 0. The maximum atomic E-state index is 5.83. The molecule has 6 aromatic rings. The maximum absolute atomic E-state index is 5.83. The highest BCUT2D eigenvalue weighted by Crippen LogP contribution is 2.60. The lowest BCUT2D eigenvalue weighted by molar-refractivity contribution is 0.693. The number of hydrogen-bond acceptors (Lipinski definition) is 3. The zero-order chi connectivity index (χ0) is 42.2. The number of allylic oxidation sites excluding steroid dienone is 14. The molecule has 0 amide bonds. The molecule has 2 bridgehead atoms. The first-order valence-corrected chi connectivity index (χ1v) is 21.0. The maximum Gasteiger partial charge on any atom is 0.0677 e. The van der Waals surface area contributed by atoms with Gasteiger partial charge in [-0.2, -0.15) is 0 Å². The fourth-order valence-corrected chi connectivity index (χ4v) is 8.55. The second-order valence-corrected chi connectivity index (χ2v) is 14.3. The summed E-state index contributed by atoms with van der Waals surface area (Å²) in [6.45, 7) is 4.00. The minimum absolute atomic E-state index is 0.381. The van der Waals surface area contributed by atoms with Gasteiger partial charge in [0.25, 0.3) is 0 Å². The molecule has 0 fully saturated rings. The van der Waals surface area contributed by atoms with E-state index in [1.54, 1.807) is 6.20 Å². The fourth-order valence-electron chi connectivity index (χ4n) is 8.55. The lowest BCUT2D eigenvalue weighted by Crippen LogP contribution is -2.31. The predicted molar refractivity (Wildman–Crippen MR) is 260 cm³/mol. The Morgan fingerprint density at radius 2 is 1.30 bits per heavy atom. The monoisotopic (exact) mass is 783 g/mol. The standard InChI is InChI=1S/C41H34N2.C13H12.C2H6.CH5N/c42-24-11-16-29(23-25-43)30-14-9-15-33(26-30)36-21-10-22-38-40(36)37-27-31-12-7-8-13-32(31)28-39(37)41(38)34-17-3-1-4-18-35(41)20-6-2-5-19-34;1-3-7-12(8-4-1)11-13-9-5-2-6-10-13;2*1-2/h1-5,7-19,21-28H,6,20,42-43H2;1-10H,11H2;1-2H3;2H2,1H3/b4-1-,5-2-,17-3-,24-11+,25-23-,29-16+,34-19-,35-18-;;;. The summed E-state index contributed by atoms with van der Waals surface area (Å²) in [7, 11) is 1.50. The quantitative estimate of drug-likeness (QED) is 0.147. The van der Waals surface area contributed by atoms with Crippen LogP contribution in [0.2, 0.25) is 0 Å². The van der Waals surface area contributed by atoms with E-state index < -0.39 is 0 Å². The average Bonchev–Trinajstić information content (AvgIpc) is 3.59. The topological polar surface area (TPSA) is 78.1 Å². The minimum atomic E-state index is -0.381. The lowest BCUT2D eigenvalue weighted by Gasteiger charge is -2.38. The summed E-state index contributed by atoms with van der Waals surface area (Å²) in [5, 5.41) is 2.52. The van der Waals surface area contributed by atoms with E-state index in [0.29, 0.717) is 0 Å². The third-order valence-corrected chi connectivity index (χ3v) is 11.0. The van der Waals surface area contributed by atoms with Gasteiger partial charge >= 0.3 is 0 Å². The number of nitrogens with two attached hydrogens (primary N) is 3. The second kappa shape index (κ2) is 21.2. The van der Waals surface area contributed by atoms with Gasteiger partial charge in [-0.25, -0.2) is 0 Å². The molecule has 0 radical (unpaired) electrons. The van der Waals surface area contributed by atoms with Gasteiger partial charge in [0.05, 0.1) is 5.41 Å². The molecular weight excluding hydrogens is 727 g/mol. The molecule has 1 unspecified atom stereocenters. The first-order chi connectivity index (χ1) is 29.7. The van der Waals surface area contributed by atoms with Gasteiger partial charge in [-0.05, 0) is 141 Å². The number of rotatable bonds is 6. The van der Waals surface area contributed by atoms with Crippen LogP contribution >= 0.6 is 0 Å². The van der Waals surface area contributed by atoms with Crippen molar-refractivity contribution in [3.05, 3.63) is 258 Å². The van der Waals surface area contributed by atoms with Crippen molar-refractivity contribution in [2.24, 2.45) is 17.2 Å². The summed E-state index contributed by atoms with van der Waals surface area (Å²) in [6.07, 6.45) is 29.9. The van der Waals surface area contributed by atoms with Gasteiger partial charge in [0.1, 0.15) is 0 Å². The van der Waals surface area contributed by atoms with Gasteiger partial charge in [-0.1, -0.05) is 195 Å². The molecule has 3 aliphatic rings. The molecule has 0 aliphatic heterocycles. The van der Waals surface area contributed by atoms with Crippen molar-refractivity contribution < 1.29 is 0 Å². The Bertz CT molecular complexity index is 2580. The number of hydrogen-bond donors (Lipinski definition) is 3. The average molecular weight is 784 g/mol. The van der Waals surface area contributed by atoms with Crippen molar-refractivity contribution in [2.45, 2.75) is 38.5 Å². The van der Waals surface area contributed by atoms with Crippen LogP contribution in [0.15, 0.2) is 230 Å². The van der Waals surface area contributed by atoms with Crippen LogP contribution in [-0.4, -0.2) is 7.05 Å². The van der Waals surface area contributed by atoms with Crippen molar-refractivity contribution in [3.8, 4) is 22.3 Å². The van der Waals surface area contributed by atoms with Gasteiger partial charge in [-0.3, -0.25) is 0 Å². The number of fused-ring (bicyclic) bond motifs is 4. The molecule has 1 spiro atoms. The summed E-state index contributed by atoms with van der Waals surface area (Å²) in [4.78, 5) is 0. The Morgan fingerprint density at radius 1 is 0.617 bits per heavy atom. The highest BCUT2D eigenvalue weighted by molar-refractivity contribution is 6.01. The summed E-state index contributed by atoms with van der Waals surface area (Å²) in [5.41, 5.74) is 30.9. The zero-order valence-corrected chi connectivity index (χ0v) is 35.1. The smallest absolute Gasteiger partial charge is 0.0677 e. The first kappa shape index (κ1) is 42.7. The molecule has 0 saturated carbocycles. The van der Waals surface area contributed by atoms with Gasteiger partial charge in [0.15, 0.2) is 0 Å². The van der Waals surface area contributed by atoms with Crippen LogP contribution < -0.4 is 17.2 Å². The molecule has 0 heterocycles. The normalized spacial score (nSPS) is 19.4. The number of benzene rings is 6. The van der Waals surface area contributed by atoms with Gasteiger partial charge < -0.3 is 17.2 Å². The van der Waals surface area contributed by atoms with E-state index in [2.05, 4.69) is 194 Å². The van der Waals surface area contributed by atoms with Gasteiger partial charge in [-0.15, -0.1) is 0 Å². The summed E-state index contributed by atoms with van der Waals surface area (Å²) < 4.78 is 0. The van der Waals surface area contributed by atoms with Crippen LogP contribution in [0, 0.1) is 0 Å². The Labute approximate surface area is 357 Å². The van der Waals surface area contributed by atoms with E-state index in [4.69, 9.17) is 11.5 Å². The van der Waals surface area contributed by atoms with E-state index in [-0.39, 0.29) is 5.41 Å². The van der Waals surface area contributed by atoms with Crippen LogP contribution in [0.25, 0.3) is 38.6 Å². The molecule has 60 heavy (non-hydrogen) atoms. The molecule has 0 saturated heterocycles. The Morgan fingerprint density at radius 3 is 2.00 bits per heavy atom. The second-order valence-electron chi connectivity index (χ2n) is 14.3. The zero-order valence-electron chi connectivity index (χ0n) is 35.1. The molecule has 3 aliphatic carbocycles.